The Hall–Kier alpha value is -3.29. The molecule has 0 aliphatic heterocycles. The summed E-state index contributed by atoms with van der Waals surface area (Å²) in [7, 11) is 0. The summed E-state index contributed by atoms with van der Waals surface area (Å²) in [6, 6.07) is 2.75. The van der Waals surface area contributed by atoms with Crippen LogP contribution in [0.25, 0.3) is 0 Å². The molecule has 0 N–H and O–H groups in total. The van der Waals surface area contributed by atoms with Crippen molar-refractivity contribution in [2.24, 2.45) is 0 Å². The Kier molecular flexibility index (Phi) is 5.58. The molecule has 2 aromatic carbocycles. The van der Waals surface area contributed by atoms with Crippen LogP contribution in [0.4, 0.5) is 11.4 Å². The van der Waals surface area contributed by atoms with E-state index in [-0.39, 0.29) is 12.2 Å². The van der Waals surface area contributed by atoms with Crippen LogP contribution in [0, 0.1) is 54.8 Å². The maximum absolute atomic E-state index is 12.4. The van der Waals surface area contributed by atoms with Gasteiger partial charge in [-0.15, -0.1) is 0 Å². The molecule has 8 nitrogen and oxygen atoms in total. The topological polar surface area (TPSA) is 113 Å². The number of non-ortho nitro benzene ring substituents is 2. The highest BCUT2D eigenvalue weighted by molar-refractivity contribution is 5.91. The molecule has 0 amide bonds. The van der Waals surface area contributed by atoms with E-state index in [9.17, 15) is 25.0 Å². The van der Waals surface area contributed by atoms with Gasteiger partial charge >= 0.3 is 5.97 Å². The van der Waals surface area contributed by atoms with Crippen molar-refractivity contribution in [3.63, 3.8) is 0 Å². The summed E-state index contributed by atoms with van der Waals surface area (Å²) >= 11 is 0. The van der Waals surface area contributed by atoms with Crippen molar-refractivity contribution in [3.05, 3.63) is 77.4 Å². The third-order valence-corrected chi connectivity index (χ3v) is 5.06. The van der Waals surface area contributed by atoms with Crippen molar-refractivity contribution in [2.75, 3.05) is 0 Å². The molecule has 0 heterocycles. The number of ether oxygens (including phenoxy) is 1. The lowest BCUT2D eigenvalue weighted by molar-refractivity contribution is -0.394. The smallest absolute Gasteiger partial charge is 0.338 e. The molecule has 0 aliphatic rings. The maximum atomic E-state index is 12.4. The zero-order valence-electron chi connectivity index (χ0n) is 15.8. The second-order valence-electron chi connectivity index (χ2n) is 6.43. The first-order chi connectivity index (χ1) is 12.5. The fraction of sp³-hybridized carbons (Fsp3) is 0.316. The van der Waals surface area contributed by atoms with Gasteiger partial charge in [0.05, 0.1) is 21.5 Å². The number of nitrogens with zero attached hydrogens (tertiary/aromatic N) is 2. The summed E-state index contributed by atoms with van der Waals surface area (Å²) in [6.07, 6.45) is 0. The van der Waals surface area contributed by atoms with E-state index in [1.54, 1.807) is 0 Å². The fourth-order valence-electron chi connectivity index (χ4n) is 2.94. The Morgan fingerprint density at radius 3 is 1.63 bits per heavy atom. The van der Waals surface area contributed by atoms with Gasteiger partial charge in [0, 0.05) is 12.1 Å². The molecule has 0 aromatic heterocycles. The second kappa shape index (κ2) is 7.53. The molecule has 0 aliphatic carbocycles. The Morgan fingerprint density at radius 2 is 1.22 bits per heavy atom. The normalized spacial score (nSPS) is 10.6. The Labute approximate surface area is 156 Å². The van der Waals surface area contributed by atoms with Gasteiger partial charge in [-0.25, -0.2) is 4.79 Å². The summed E-state index contributed by atoms with van der Waals surface area (Å²) in [5, 5.41) is 21.9. The van der Waals surface area contributed by atoms with Gasteiger partial charge in [-0.2, -0.15) is 0 Å². The summed E-state index contributed by atoms with van der Waals surface area (Å²) in [6.45, 7) is 9.88. The minimum Gasteiger partial charge on any atom is -0.457 e. The monoisotopic (exact) mass is 372 g/mol. The zero-order valence-corrected chi connectivity index (χ0v) is 15.8. The van der Waals surface area contributed by atoms with Crippen LogP contribution in [0.5, 0.6) is 0 Å². The lowest BCUT2D eigenvalue weighted by Gasteiger charge is -2.18. The van der Waals surface area contributed by atoms with E-state index in [1.165, 1.54) is 5.56 Å². The maximum Gasteiger partial charge on any atom is 0.338 e. The van der Waals surface area contributed by atoms with Crippen LogP contribution in [-0.4, -0.2) is 15.8 Å². The van der Waals surface area contributed by atoms with E-state index in [0.717, 1.165) is 46.0 Å². The molecule has 2 rings (SSSR count). The third-order valence-electron chi connectivity index (χ3n) is 5.06. The molecule has 0 saturated carbocycles. The van der Waals surface area contributed by atoms with Crippen LogP contribution in [0.3, 0.4) is 0 Å². The molecule has 0 unspecified atom stereocenters. The van der Waals surface area contributed by atoms with Crippen LogP contribution in [0.1, 0.15) is 43.7 Å². The summed E-state index contributed by atoms with van der Waals surface area (Å²) in [4.78, 5) is 32.7. The number of hydrogen-bond donors (Lipinski definition) is 0. The highest BCUT2D eigenvalue weighted by Crippen LogP contribution is 2.27. The van der Waals surface area contributed by atoms with Crippen molar-refractivity contribution in [2.45, 2.75) is 41.2 Å². The molecule has 2 aromatic rings. The van der Waals surface area contributed by atoms with E-state index in [0.29, 0.717) is 0 Å². The summed E-state index contributed by atoms with van der Waals surface area (Å²) in [5.41, 5.74) is 4.97. The van der Waals surface area contributed by atoms with E-state index in [2.05, 4.69) is 0 Å². The van der Waals surface area contributed by atoms with E-state index < -0.39 is 27.2 Å². The van der Waals surface area contributed by atoms with Crippen molar-refractivity contribution < 1.29 is 19.4 Å². The molecule has 0 spiro atoms. The van der Waals surface area contributed by atoms with E-state index >= 15 is 0 Å². The van der Waals surface area contributed by atoms with Gasteiger partial charge in [-0.3, -0.25) is 20.2 Å². The van der Waals surface area contributed by atoms with Gasteiger partial charge in [0.15, 0.2) is 0 Å². The number of hydrogen-bond acceptors (Lipinski definition) is 6. The molecule has 0 saturated heterocycles. The van der Waals surface area contributed by atoms with E-state index in [4.69, 9.17) is 4.74 Å². The van der Waals surface area contributed by atoms with Gasteiger partial charge in [0.25, 0.3) is 11.4 Å². The molecule has 0 bridgehead atoms. The largest absolute Gasteiger partial charge is 0.457 e. The number of carbonyl (C=O) groups is 1. The number of benzene rings is 2. The quantitative estimate of drug-likeness (QED) is 0.437. The minimum atomic E-state index is -0.850. The molecule has 142 valence electrons. The van der Waals surface area contributed by atoms with Crippen LogP contribution in [-0.2, 0) is 11.3 Å². The predicted octanol–water partition coefficient (Wildman–Crippen LogP) is 4.40. The van der Waals surface area contributed by atoms with Crippen LogP contribution in [0.2, 0.25) is 0 Å². The van der Waals surface area contributed by atoms with Gasteiger partial charge in [-0.1, -0.05) is 0 Å². The summed E-state index contributed by atoms with van der Waals surface area (Å²) < 4.78 is 5.31. The van der Waals surface area contributed by atoms with Crippen molar-refractivity contribution >= 4 is 17.3 Å². The Morgan fingerprint density at radius 1 is 0.815 bits per heavy atom. The number of nitro groups is 2. The average molecular weight is 372 g/mol. The SMILES string of the molecule is Cc1c(C)c(C)c(COC(=O)c2cc([N+](=O)[O-])cc([N+](=O)[O-])c2)c(C)c1C. The molecular weight excluding hydrogens is 352 g/mol. The molecular formula is C19H20N2O6. The average Bonchev–Trinajstić information content (AvgIpc) is 2.64. The Balaban J connectivity index is 2.35. The zero-order chi connectivity index (χ0) is 20.5. The van der Waals surface area contributed by atoms with Crippen LogP contribution in [0.15, 0.2) is 18.2 Å². The third kappa shape index (κ3) is 3.94. The van der Waals surface area contributed by atoms with Gasteiger partial charge < -0.3 is 4.74 Å². The van der Waals surface area contributed by atoms with Crippen molar-refractivity contribution in [3.8, 4) is 0 Å². The van der Waals surface area contributed by atoms with Crippen LogP contribution >= 0.6 is 0 Å². The highest BCUT2D eigenvalue weighted by Gasteiger charge is 2.21. The molecule has 0 radical (unpaired) electrons. The van der Waals surface area contributed by atoms with Crippen molar-refractivity contribution in [1.29, 1.82) is 0 Å². The van der Waals surface area contributed by atoms with Crippen molar-refractivity contribution in [1.82, 2.24) is 0 Å². The Bertz CT molecular complexity index is 904. The van der Waals surface area contributed by atoms with Gasteiger partial charge in [0.1, 0.15) is 6.61 Å². The molecule has 0 fully saturated rings. The lowest BCUT2D eigenvalue weighted by atomic mass is 9.90. The first-order valence-electron chi connectivity index (χ1n) is 8.21. The predicted molar refractivity (Wildman–Crippen MR) is 99.0 cm³/mol. The molecule has 27 heavy (non-hydrogen) atoms. The summed E-state index contributed by atoms with van der Waals surface area (Å²) in [5.74, 6) is -0.850. The number of esters is 1. The number of carbonyl (C=O) groups excluding carboxylic acids is 1. The second-order valence-corrected chi connectivity index (χ2v) is 6.43. The molecule has 8 heteroatoms. The highest BCUT2D eigenvalue weighted by atomic mass is 16.6. The van der Waals surface area contributed by atoms with Gasteiger partial charge in [0.2, 0.25) is 0 Å². The number of nitro benzene ring substituents is 2. The minimum absolute atomic E-state index is 0.0189. The van der Waals surface area contributed by atoms with Gasteiger partial charge in [-0.05, 0) is 68.0 Å². The fourth-order valence-corrected chi connectivity index (χ4v) is 2.94. The molecule has 0 atom stereocenters. The number of rotatable bonds is 5. The first kappa shape index (κ1) is 20.0. The van der Waals surface area contributed by atoms with E-state index in [1.807, 2.05) is 34.6 Å². The van der Waals surface area contributed by atoms with Crippen LogP contribution < -0.4 is 0 Å². The lowest BCUT2D eigenvalue weighted by Crippen LogP contribution is -2.10. The first-order valence-corrected chi connectivity index (χ1v) is 8.21. The standard InChI is InChI=1S/C19H20N2O6/c1-10-11(2)13(4)18(14(5)12(10)3)9-27-19(22)15-6-16(20(23)24)8-17(7-15)21(25)26/h6-8H,9H2,1-5H3.